The summed E-state index contributed by atoms with van der Waals surface area (Å²) in [6.45, 7) is 0. The van der Waals surface area contributed by atoms with Crippen LogP contribution in [0.3, 0.4) is 0 Å². The van der Waals surface area contributed by atoms with Gasteiger partial charge in [-0.25, -0.2) is 4.39 Å². The van der Waals surface area contributed by atoms with E-state index >= 15 is 0 Å². The van der Waals surface area contributed by atoms with Crippen molar-refractivity contribution in [2.75, 3.05) is 5.48 Å². The number of nitrogens with two attached hydrogens (primary N) is 1. The predicted molar refractivity (Wildman–Crippen MR) is 86.6 cm³/mol. The highest BCUT2D eigenvalue weighted by atomic mass is 19.1. The second-order valence-corrected chi connectivity index (χ2v) is 5.04. The minimum Gasteiger partial charge on any atom is -0.387 e. The van der Waals surface area contributed by atoms with E-state index in [1.807, 2.05) is 18.2 Å². The van der Waals surface area contributed by atoms with Gasteiger partial charge in [0.15, 0.2) is 0 Å². The average molecular weight is 312 g/mol. The standard InChI is InChI=1S/C10H12N2.C7H5FN2O/c11-10-7-6-9(12-10)8-4-2-1-3-5-8;8-6-1-5(4-9)2-7(3-6)10-11/h1-5,9H,6-7H2,(H2,11,12);1-3,10-11H/t9-;/m0./s1. The lowest BCUT2D eigenvalue weighted by molar-refractivity contribution is 0.388. The van der Waals surface area contributed by atoms with Crippen molar-refractivity contribution in [3.63, 3.8) is 0 Å². The Balaban J connectivity index is 0.000000168. The van der Waals surface area contributed by atoms with Gasteiger partial charge in [-0.3, -0.25) is 15.7 Å². The number of nitrogens with one attached hydrogen (secondary N) is 1. The molecule has 5 nitrogen and oxygen atoms in total. The topological polar surface area (TPSA) is 94.4 Å². The van der Waals surface area contributed by atoms with E-state index in [1.165, 1.54) is 11.6 Å². The fourth-order valence-electron chi connectivity index (χ4n) is 2.25. The average Bonchev–Trinajstić information content (AvgIpc) is 3.02. The molecule has 2 aromatic carbocycles. The molecule has 2 aromatic rings. The van der Waals surface area contributed by atoms with Crippen LogP contribution in [0.25, 0.3) is 0 Å². The first kappa shape index (κ1) is 16.5. The number of anilines is 1. The van der Waals surface area contributed by atoms with Crippen LogP contribution in [0.5, 0.6) is 0 Å². The maximum absolute atomic E-state index is 12.5. The molecule has 0 aromatic heterocycles. The lowest BCUT2D eigenvalue weighted by Crippen LogP contribution is -2.05. The number of rotatable bonds is 2. The van der Waals surface area contributed by atoms with E-state index < -0.39 is 5.82 Å². The Bertz CT molecular complexity index is 725. The smallest absolute Gasteiger partial charge is 0.126 e. The van der Waals surface area contributed by atoms with Crippen molar-refractivity contribution in [3.05, 3.63) is 65.5 Å². The number of amidine groups is 1. The predicted octanol–water partition coefficient (Wildman–Crippen LogP) is 3.38. The molecule has 0 radical (unpaired) electrons. The Labute approximate surface area is 133 Å². The summed E-state index contributed by atoms with van der Waals surface area (Å²) >= 11 is 0. The molecule has 0 unspecified atom stereocenters. The van der Waals surface area contributed by atoms with E-state index in [2.05, 4.69) is 17.1 Å². The third-order valence-corrected chi connectivity index (χ3v) is 3.34. The van der Waals surface area contributed by atoms with E-state index in [4.69, 9.17) is 16.2 Å². The lowest BCUT2D eigenvalue weighted by atomic mass is 10.1. The van der Waals surface area contributed by atoms with Crippen LogP contribution in [0.4, 0.5) is 10.1 Å². The Morgan fingerprint density at radius 1 is 1.26 bits per heavy atom. The van der Waals surface area contributed by atoms with E-state index in [9.17, 15) is 4.39 Å². The summed E-state index contributed by atoms with van der Waals surface area (Å²) in [7, 11) is 0. The van der Waals surface area contributed by atoms with Gasteiger partial charge in [-0.2, -0.15) is 5.26 Å². The van der Waals surface area contributed by atoms with Crippen LogP contribution in [-0.2, 0) is 0 Å². The Hall–Kier alpha value is -2.91. The van der Waals surface area contributed by atoms with Gasteiger partial charge >= 0.3 is 0 Å². The first-order valence-corrected chi connectivity index (χ1v) is 7.10. The number of hydrogen-bond donors (Lipinski definition) is 3. The van der Waals surface area contributed by atoms with Gasteiger partial charge in [0.1, 0.15) is 5.82 Å². The molecular formula is C17H17FN4O. The van der Waals surface area contributed by atoms with E-state index in [-0.39, 0.29) is 11.3 Å². The van der Waals surface area contributed by atoms with Gasteiger partial charge in [-0.15, -0.1) is 0 Å². The lowest BCUT2D eigenvalue weighted by Gasteiger charge is -2.04. The van der Waals surface area contributed by atoms with E-state index in [1.54, 1.807) is 11.5 Å². The molecule has 0 fully saturated rings. The summed E-state index contributed by atoms with van der Waals surface area (Å²) in [5.41, 5.74) is 8.98. The van der Waals surface area contributed by atoms with Gasteiger partial charge in [0, 0.05) is 6.42 Å². The number of aliphatic imine (C=N–C) groups is 1. The number of halogens is 1. The summed E-state index contributed by atoms with van der Waals surface area (Å²) < 4.78 is 12.5. The highest BCUT2D eigenvalue weighted by Crippen LogP contribution is 2.27. The van der Waals surface area contributed by atoms with Crippen LogP contribution in [0.2, 0.25) is 0 Å². The van der Waals surface area contributed by atoms with Crippen molar-refractivity contribution in [2.24, 2.45) is 10.7 Å². The second kappa shape index (κ2) is 7.92. The highest BCUT2D eigenvalue weighted by Gasteiger charge is 2.16. The third kappa shape index (κ3) is 4.80. The van der Waals surface area contributed by atoms with Crippen molar-refractivity contribution < 1.29 is 9.60 Å². The summed E-state index contributed by atoms with van der Waals surface area (Å²) in [6.07, 6.45) is 2.01. The van der Waals surface area contributed by atoms with Crippen LogP contribution >= 0.6 is 0 Å². The van der Waals surface area contributed by atoms with Crippen LogP contribution in [0.15, 0.2) is 53.5 Å². The molecule has 3 rings (SSSR count). The third-order valence-electron chi connectivity index (χ3n) is 3.34. The molecule has 0 saturated carbocycles. The van der Waals surface area contributed by atoms with Gasteiger partial charge in [-0.1, -0.05) is 30.3 Å². The van der Waals surface area contributed by atoms with Crippen LogP contribution < -0.4 is 11.2 Å². The first-order chi connectivity index (χ1) is 11.1. The number of benzene rings is 2. The molecule has 4 N–H and O–H groups in total. The number of hydrogen-bond acceptors (Lipinski definition) is 5. The molecule has 0 spiro atoms. The Morgan fingerprint density at radius 3 is 2.57 bits per heavy atom. The highest BCUT2D eigenvalue weighted by molar-refractivity contribution is 5.82. The summed E-state index contributed by atoms with van der Waals surface area (Å²) in [4.78, 5) is 4.35. The van der Waals surface area contributed by atoms with Gasteiger partial charge in [0.05, 0.1) is 29.2 Å². The fourth-order valence-corrected chi connectivity index (χ4v) is 2.25. The van der Waals surface area contributed by atoms with Crippen molar-refractivity contribution in [3.8, 4) is 6.07 Å². The molecule has 1 heterocycles. The maximum atomic E-state index is 12.5. The van der Waals surface area contributed by atoms with Crippen molar-refractivity contribution in [2.45, 2.75) is 18.9 Å². The fraction of sp³-hybridized carbons (Fsp3) is 0.176. The minimum absolute atomic E-state index is 0.168. The SMILES string of the molecule is N#Cc1cc(F)cc(NO)c1.NC1=N[C@H](c2ccccc2)CC1. The molecule has 23 heavy (non-hydrogen) atoms. The van der Waals surface area contributed by atoms with Gasteiger partial charge in [0.2, 0.25) is 0 Å². The Kier molecular flexibility index (Phi) is 5.67. The zero-order valence-electron chi connectivity index (χ0n) is 12.4. The molecule has 6 heteroatoms. The first-order valence-electron chi connectivity index (χ1n) is 7.10. The van der Waals surface area contributed by atoms with Crippen LogP contribution in [0, 0.1) is 17.1 Å². The second-order valence-electron chi connectivity index (χ2n) is 5.04. The normalized spacial score (nSPS) is 15.9. The van der Waals surface area contributed by atoms with Crippen LogP contribution in [-0.4, -0.2) is 11.0 Å². The summed E-state index contributed by atoms with van der Waals surface area (Å²) in [5, 5.41) is 16.7. The van der Waals surface area contributed by atoms with Gasteiger partial charge in [-0.05, 0) is 30.2 Å². The van der Waals surface area contributed by atoms with Gasteiger partial charge < -0.3 is 5.73 Å². The zero-order valence-corrected chi connectivity index (χ0v) is 12.4. The quantitative estimate of drug-likeness (QED) is 0.741. The molecule has 1 aliphatic heterocycles. The zero-order chi connectivity index (χ0) is 16.7. The molecule has 0 aliphatic carbocycles. The number of nitrogens with zero attached hydrogens (tertiary/aromatic N) is 2. The molecule has 1 aliphatic rings. The van der Waals surface area contributed by atoms with Crippen molar-refractivity contribution >= 4 is 11.5 Å². The summed E-state index contributed by atoms with van der Waals surface area (Å²) in [5.74, 6) is 0.240. The van der Waals surface area contributed by atoms with Crippen LogP contribution in [0.1, 0.15) is 30.0 Å². The maximum Gasteiger partial charge on any atom is 0.126 e. The van der Waals surface area contributed by atoms with E-state index in [0.717, 1.165) is 30.8 Å². The number of nitriles is 1. The van der Waals surface area contributed by atoms with E-state index in [0.29, 0.717) is 6.04 Å². The molecule has 0 amide bonds. The molecular weight excluding hydrogens is 295 g/mol. The monoisotopic (exact) mass is 312 g/mol. The van der Waals surface area contributed by atoms with Gasteiger partial charge in [0.25, 0.3) is 0 Å². The molecule has 1 atom stereocenters. The van der Waals surface area contributed by atoms with Crippen molar-refractivity contribution in [1.29, 1.82) is 5.26 Å². The Morgan fingerprint density at radius 2 is 2.00 bits per heavy atom. The largest absolute Gasteiger partial charge is 0.387 e. The molecule has 0 saturated heterocycles. The molecule has 0 bridgehead atoms. The van der Waals surface area contributed by atoms with Crippen molar-refractivity contribution in [1.82, 2.24) is 0 Å². The summed E-state index contributed by atoms with van der Waals surface area (Å²) in [6, 6.07) is 15.9. The molecule has 118 valence electrons. The minimum atomic E-state index is -0.555.